The Morgan fingerprint density at radius 2 is 2.06 bits per heavy atom. The molecule has 0 spiro atoms. The van der Waals surface area contributed by atoms with Crippen LogP contribution >= 0.6 is 0 Å². The number of amides is 2. The summed E-state index contributed by atoms with van der Waals surface area (Å²) in [7, 11) is 1.59. The van der Waals surface area contributed by atoms with Gasteiger partial charge in [-0.25, -0.2) is 4.79 Å². The molecule has 0 aliphatic carbocycles. The highest BCUT2D eigenvalue weighted by Gasteiger charge is 2.07. The second-order valence-electron chi connectivity index (χ2n) is 4.16. The van der Waals surface area contributed by atoms with Crippen LogP contribution in [0.3, 0.4) is 0 Å². The number of aromatic hydroxyl groups is 1. The second kappa shape index (κ2) is 7.55. The molecule has 3 N–H and O–H groups in total. The van der Waals surface area contributed by atoms with Gasteiger partial charge in [0, 0.05) is 19.7 Å². The SMILES string of the molecule is COCCNC(=O)N[C@H](C)Cc1ccc(O)cc1. The van der Waals surface area contributed by atoms with Gasteiger partial charge in [-0.15, -0.1) is 0 Å². The smallest absolute Gasteiger partial charge is 0.315 e. The van der Waals surface area contributed by atoms with Crippen LogP contribution < -0.4 is 10.6 Å². The fraction of sp³-hybridized carbons (Fsp3) is 0.462. The van der Waals surface area contributed by atoms with Gasteiger partial charge in [0.2, 0.25) is 0 Å². The predicted molar refractivity (Wildman–Crippen MR) is 69.7 cm³/mol. The summed E-state index contributed by atoms with van der Waals surface area (Å²) < 4.78 is 4.84. The van der Waals surface area contributed by atoms with Gasteiger partial charge in [0.15, 0.2) is 0 Å². The summed E-state index contributed by atoms with van der Waals surface area (Å²) in [6.07, 6.45) is 0.720. The van der Waals surface area contributed by atoms with Crippen molar-refractivity contribution in [3.8, 4) is 5.75 Å². The number of urea groups is 1. The number of benzene rings is 1. The molecule has 0 saturated heterocycles. The standard InChI is InChI=1S/C13H20N2O3/c1-10(15-13(17)14-7-8-18-2)9-11-3-5-12(16)6-4-11/h3-6,10,16H,7-9H2,1-2H3,(H2,14,15,17)/t10-/m1/s1. The fourth-order valence-electron chi connectivity index (χ4n) is 1.58. The molecule has 1 aromatic carbocycles. The Morgan fingerprint density at radius 1 is 1.39 bits per heavy atom. The van der Waals surface area contributed by atoms with E-state index >= 15 is 0 Å². The Balaban J connectivity index is 2.30. The zero-order valence-electron chi connectivity index (χ0n) is 10.8. The van der Waals surface area contributed by atoms with Crippen LogP contribution in [0.1, 0.15) is 12.5 Å². The minimum atomic E-state index is -0.196. The molecule has 0 radical (unpaired) electrons. The quantitative estimate of drug-likeness (QED) is 0.668. The predicted octanol–water partition coefficient (Wildman–Crippen LogP) is 1.27. The van der Waals surface area contributed by atoms with E-state index < -0.39 is 0 Å². The maximum Gasteiger partial charge on any atom is 0.315 e. The molecule has 1 rings (SSSR count). The Bertz CT molecular complexity index is 365. The van der Waals surface area contributed by atoms with Crippen molar-refractivity contribution in [2.24, 2.45) is 0 Å². The molecule has 5 nitrogen and oxygen atoms in total. The third-order valence-electron chi connectivity index (χ3n) is 2.45. The van der Waals surface area contributed by atoms with Gasteiger partial charge < -0.3 is 20.5 Å². The van der Waals surface area contributed by atoms with Crippen molar-refractivity contribution in [1.82, 2.24) is 10.6 Å². The average molecular weight is 252 g/mol. The van der Waals surface area contributed by atoms with Crippen LogP contribution in [-0.4, -0.2) is 37.4 Å². The van der Waals surface area contributed by atoms with Crippen LogP contribution in [0.15, 0.2) is 24.3 Å². The molecule has 18 heavy (non-hydrogen) atoms. The van der Waals surface area contributed by atoms with Gasteiger partial charge in [-0.1, -0.05) is 12.1 Å². The van der Waals surface area contributed by atoms with Crippen molar-refractivity contribution in [2.45, 2.75) is 19.4 Å². The Labute approximate surface area is 107 Å². The van der Waals surface area contributed by atoms with E-state index in [9.17, 15) is 4.79 Å². The third-order valence-corrected chi connectivity index (χ3v) is 2.45. The number of phenolic OH excluding ortho intramolecular Hbond substituents is 1. The van der Waals surface area contributed by atoms with E-state index in [0.29, 0.717) is 13.2 Å². The van der Waals surface area contributed by atoms with Crippen LogP contribution in [-0.2, 0) is 11.2 Å². The number of carbonyl (C=O) groups excluding carboxylic acids is 1. The van der Waals surface area contributed by atoms with Gasteiger partial charge in [-0.05, 0) is 31.0 Å². The lowest BCUT2D eigenvalue weighted by atomic mass is 10.1. The fourth-order valence-corrected chi connectivity index (χ4v) is 1.58. The first-order valence-electron chi connectivity index (χ1n) is 5.93. The van der Waals surface area contributed by atoms with Crippen LogP contribution in [0.5, 0.6) is 5.75 Å². The Hall–Kier alpha value is -1.75. The molecule has 0 heterocycles. The molecular weight excluding hydrogens is 232 g/mol. The van der Waals surface area contributed by atoms with E-state index in [0.717, 1.165) is 12.0 Å². The summed E-state index contributed by atoms with van der Waals surface area (Å²) in [4.78, 5) is 11.5. The van der Waals surface area contributed by atoms with Crippen molar-refractivity contribution in [2.75, 3.05) is 20.3 Å². The normalized spacial score (nSPS) is 11.9. The van der Waals surface area contributed by atoms with E-state index in [1.54, 1.807) is 19.2 Å². The lowest BCUT2D eigenvalue weighted by molar-refractivity contribution is 0.195. The van der Waals surface area contributed by atoms with Gasteiger partial charge in [0.25, 0.3) is 0 Å². The molecule has 0 aliphatic heterocycles. The largest absolute Gasteiger partial charge is 0.508 e. The topological polar surface area (TPSA) is 70.6 Å². The van der Waals surface area contributed by atoms with Crippen molar-refractivity contribution in [3.63, 3.8) is 0 Å². The lowest BCUT2D eigenvalue weighted by Gasteiger charge is -2.14. The van der Waals surface area contributed by atoms with Gasteiger partial charge in [0.1, 0.15) is 5.75 Å². The number of hydrogen-bond acceptors (Lipinski definition) is 3. The number of rotatable bonds is 6. The van der Waals surface area contributed by atoms with Crippen molar-refractivity contribution in [3.05, 3.63) is 29.8 Å². The van der Waals surface area contributed by atoms with Crippen LogP contribution in [0.25, 0.3) is 0 Å². The van der Waals surface area contributed by atoms with E-state index in [-0.39, 0.29) is 17.8 Å². The summed E-state index contributed by atoms with van der Waals surface area (Å²) in [6, 6.07) is 6.80. The molecular formula is C13H20N2O3. The van der Waals surface area contributed by atoms with Crippen LogP contribution in [0, 0.1) is 0 Å². The Kier molecular flexibility index (Phi) is 6.00. The molecule has 0 unspecified atom stereocenters. The molecule has 0 saturated carbocycles. The maximum atomic E-state index is 11.5. The summed E-state index contributed by atoms with van der Waals surface area (Å²) in [5.41, 5.74) is 1.07. The number of carbonyl (C=O) groups is 1. The molecule has 0 fully saturated rings. The summed E-state index contributed by atoms with van der Waals surface area (Å²) in [5.74, 6) is 0.247. The minimum absolute atomic E-state index is 0.0251. The molecule has 0 aliphatic rings. The van der Waals surface area contributed by atoms with Crippen molar-refractivity contribution >= 4 is 6.03 Å². The van der Waals surface area contributed by atoms with Gasteiger partial charge in [-0.2, -0.15) is 0 Å². The summed E-state index contributed by atoms with van der Waals surface area (Å²) in [6.45, 7) is 2.93. The maximum absolute atomic E-state index is 11.5. The number of phenols is 1. The molecule has 2 amide bonds. The summed E-state index contributed by atoms with van der Waals surface area (Å²) >= 11 is 0. The van der Waals surface area contributed by atoms with Crippen LogP contribution in [0.4, 0.5) is 4.79 Å². The zero-order valence-corrected chi connectivity index (χ0v) is 10.8. The number of hydrogen-bond donors (Lipinski definition) is 3. The zero-order chi connectivity index (χ0) is 13.4. The molecule has 0 bridgehead atoms. The monoisotopic (exact) mass is 252 g/mol. The van der Waals surface area contributed by atoms with E-state index in [1.165, 1.54) is 0 Å². The van der Waals surface area contributed by atoms with E-state index in [4.69, 9.17) is 9.84 Å². The van der Waals surface area contributed by atoms with Crippen LogP contribution in [0.2, 0.25) is 0 Å². The Morgan fingerprint density at radius 3 is 2.67 bits per heavy atom. The molecule has 0 aromatic heterocycles. The highest BCUT2D eigenvalue weighted by molar-refractivity contribution is 5.74. The van der Waals surface area contributed by atoms with E-state index in [1.807, 2.05) is 19.1 Å². The highest BCUT2D eigenvalue weighted by atomic mass is 16.5. The van der Waals surface area contributed by atoms with Gasteiger partial charge in [0.05, 0.1) is 6.61 Å². The van der Waals surface area contributed by atoms with Crippen molar-refractivity contribution < 1.29 is 14.6 Å². The molecule has 1 aromatic rings. The summed E-state index contributed by atoms with van der Waals surface area (Å²) in [5, 5.41) is 14.7. The lowest BCUT2D eigenvalue weighted by Crippen LogP contribution is -2.42. The van der Waals surface area contributed by atoms with Gasteiger partial charge in [-0.3, -0.25) is 0 Å². The second-order valence-corrected chi connectivity index (χ2v) is 4.16. The molecule has 100 valence electrons. The molecule has 5 heteroatoms. The number of ether oxygens (including phenoxy) is 1. The molecule has 1 atom stereocenters. The van der Waals surface area contributed by atoms with Gasteiger partial charge >= 0.3 is 6.03 Å². The average Bonchev–Trinajstić information content (AvgIpc) is 2.32. The van der Waals surface area contributed by atoms with Crippen molar-refractivity contribution in [1.29, 1.82) is 0 Å². The third kappa shape index (κ3) is 5.54. The number of nitrogens with one attached hydrogen (secondary N) is 2. The number of methoxy groups -OCH3 is 1. The first-order valence-corrected chi connectivity index (χ1v) is 5.93. The first kappa shape index (κ1) is 14.3. The highest BCUT2D eigenvalue weighted by Crippen LogP contribution is 2.11. The first-order chi connectivity index (χ1) is 8.61. The minimum Gasteiger partial charge on any atom is -0.508 e. The van der Waals surface area contributed by atoms with E-state index in [2.05, 4.69) is 10.6 Å².